The number of nitrogens with one attached hydrogen (secondary N) is 1. The number of nitrogens with zero attached hydrogens (tertiary/aromatic N) is 1. The largest absolute Gasteiger partial charge is 0.497 e. The summed E-state index contributed by atoms with van der Waals surface area (Å²) in [6.07, 6.45) is 0.174. The average molecular weight is 354 g/mol. The van der Waals surface area contributed by atoms with Gasteiger partial charge in [0.25, 0.3) is 0 Å². The third-order valence-electron chi connectivity index (χ3n) is 4.50. The van der Waals surface area contributed by atoms with Gasteiger partial charge in [-0.05, 0) is 24.3 Å². The number of hydrogen-bond acceptors (Lipinski definition) is 5. The number of amides is 2. The average Bonchev–Trinajstić information content (AvgIpc) is 3.27. The van der Waals surface area contributed by atoms with Crippen LogP contribution in [0.2, 0.25) is 0 Å². The second-order valence-corrected chi connectivity index (χ2v) is 6.16. The van der Waals surface area contributed by atoms with E-state index in [9.17, 15) is 9.59 Å². The quantitative estimate of drug-likeness (QED) is 0.912. The van der Waals surface area contributed by atoms with Crippen LogP contribution in [0.25, 0.3) is 0 Å². The van der Waals surface area contributed by atoms with Crippen molar-refractivity contribution in [2.75, 3.05) is 30.7 Å². The molecule has 1 saturated heterocycles. The van der Waals surface area contributed by atoms with Crippen LogP contribution in [0, 0.1) is 5.92 Å². The fourth-order valence-corrected chi connectivity index (χ4v) is 3.13. The van der Waals surface area contributed by atoms with Gasteiger partial charge in [-0.15, -0.1) is 0 Å². The zero-order valence-electron chi connectivity index (χ0n) is 14.2. The van der Waals surface area contributed by atoms with Crippen molar-refractivity contribution in [3.8, 4) is 17.2 Å². The highest BCUT2D eigenvalue weighted by Crippen LogP contribution is 2.35. The lowest BCUT2D eigenvalue weighted by Gasteiger charge is -2.17. The molecule has 26 heavy (non-hydrogen) atoms. The minimum Gasteiger partial charge on any atom is -0.497 e. The zero-order chi connectivity index (χ0) is 18.1. The van der Waals surface area contributed by atoms with E-state index in [1.54, 1.807) is 36.3 Å². The molecule has 0 aliphatic carbocycles. The Balaban J connectivity index is 1.45. The lowest BCUT2D eigenvalue weighted by atomic mass is 10.1. The molecule has 0 spiro atoms. The Labute approximate surface area is 150 Å². The molecule has 4 rings (SSSR count). The Morgan fingerprint density at radius 1 is 1.19 bits per heavy atom. The first kappa shape index (κ1) is 16.3. The highest BCUT2D eigenvalue weighted by Gasteiger charge is 2.35. The minimum absolute atomic E-state index is 0.0795. The molecule has 1 atom stereocenters. The summed E-state index contributed by atoms with van der Waals surface area (Å²) in [7, 11) is 1.58. The summed E-state index contributed by atoms with van der Waals surface area (Å²) in [6.45, 7) is 0.516. The number of fused-ring (bicyclic) bond motifs is 1. The van der Waals surface area contributed by atoms with E-state index in [1.807, 2.05) is 18.2 Å². The van der Waals surface area contributed by atoms with Gasteiger partial charge in [-0.2, -0.15) is 0 Å². The first-order valence-corrected chi connectivity index (χ1v) is 8.29. The number of ether oxygens (including phenoxy) is 3. The number of benzene rings is 2. The maximum absolute atomic E-state index is 12.6. The van der Waals surface area contributed by atoms with Gasteiger partial charge in [0.05, 0.1) is 13.0 Å². The van der Waals surface area contributed by atoms with Gasteiger partial charge in [0.2, 0.25) is 18.6 Å². The first-order valence-electron chi connectivity index (χ1n) is 8.29. The molecule has 0 saturated carbocycles. The Hall–Kier alpha value is -3.22. The molecule has 134 valence electrons. The van der Waals surface area contributed by atoms with Crippen molar-refractivity contribution in [3.63, 3.8) is 0 Å². The van der Waals surface area contributed by atoms with Crippen molar-refractivity contribution in [1.29, 1.82) is 0 Å². The standard InChI is InChI=1S/C19H18N2O5/c1-24-15-4-2-3-14(9-15)21-10-12(7-18(21)22)19(23)20-13-5-6-16-17(8-13)26-11-25-16/h2-6,8-9,12H,7,10-11H2,1H3,(H,20,23)/t12-/m0/s1. The van der Waals surface area contributed by atoms with E-state index in [0.717, 1.165) is 5.69 Å². The summed E-state index contributed by atoms with van der Waals surface area (Å²) in [5.41, 5.74) is 1.35. The van der Waals surface area contributed by atoms with Crippen LogP contribution in [0.5, 0.6) is 17.2 Å². The maximum atomic E-state index is 12.6. The van der Waals surface area contributed by atoms with Crippen molar-refractivity contribution in [1.82, 2.24) is 0 Å². The Bertz CT molecular complexity index is 867. The van der Waals surface area contributed by atoms with E-state index in [4.69, 9.17) is 14.2 Å². The molecule has 1 N–H and O–H groups in total. The molecule has 0 aromatic heterocycles. The van der Waals surface area contributed by atoms with E-state index >= 15 is 0 Å². The molecular weight excluding hydrogens is 336 g/mol. The molecule has 2 aromatic carbocycles. The number of methoxy groups -OCH3 is 1. The predicted molar refractivity (Wildman–Crippen MR) is 94.6 cm³/mol. The van der Waals surface area contributed by atoms with E-state index in [2.05, 4.69) is 5.32 Å². The minimum atomic E-state index is -0.417. The van der Waals surface area contributed by atoms with Crippen LogP contribution in [0.15, 0.2) is 42.5 Å². The van der Waals surface area contributed by atoms with Crippen LogP contribution in [0.1, 0.15) is 6.42 Å². The maximum Gasteiger partial charge on any atom is 0.231 e. The number of hydrogen-bond donors (Lipinski definition) is 1. The second kappa shape index (κ2) is 6.59. The molecule has 2 aromatic rings. The molecule has 2 aliphatic rings. The zero-order valence-corrected chi connectivity index (χ0v) is 14.2. The van der Waals surface area contributed by atoms with Crippen LogP contribution in [0.3, 0.4) is 0 Å². The van der Waals surface area contributed by atoms with Gasteiger partial charge in [0, 0.05) is 36.5 Å². The molecule has 0 unspecified atom stereocenters. The molecule has 1 fully saturated rings. The van der Waals surface area contributed by atoms with E-state index < -0.39 is 5.92 Å². The SMILES string of the molecule is COc1cccc(N2C[C@@H](C(=O)Nc3ccc4c(c3)OCO4)CC2=O)c1. The van der Waals surface area contributed by atoms with Gasteiger partial charge >= 0.3 is 0 Å². The van der Waals surface area contributed by atoms with Crippen molar-refractivity contribution >= 4 is 23.2 Å². The smallest absolute Gasteiger partial charge is 0.231 e. The summed E-state index contributed by atoms with van der Waals surface area (Å²) in [6, 6.07) is 12.5. The van der Waals surface area contributed by atoms with Crippen molar-refractivity contribution in [2.45, 2.75) is 6.42 Å². The topological polar surface area (TPSA) is 77.1 Å². The number of carbonyl (C=O) groups excluding carboxylic acids is 2. The predicted octanol–water partition coefficient (Wildman–Crippen LogP) is 2.42. The van der Waals surface area contributed by atoms with Gasteiger partial charge < -0.3 is 24.4 Å². The van der Waals surface area contributed by atoms with E-state index in [1.165, 1.54) is 0 Å². The third-order valence-corrected chi connectivity index (χ3v) is 4.50. The van der Waals surface area contributed by atoms with Crippen molar-refractivity contribution < 1.29 is 23.8 Å². The Morgan fingerprint density at radius 2 is 2.04 bits per heavy atom. The van der Waals surface area contributed by atoms with Crippen LogP contribution < -0.4 is 24.4 Å². The fourth-order valence-electron chi connectivity index (χ4n) is 3.13. The van der Waals surface area contributed by atoms with E-state index in [0.29, 0.717) is 29.5 Å². The molecule has 7 heteroatoms. The Morgan fingerprint density at radius 3 is 2.88 bits per heavy atom. The summed E-state index contributed by atoms with van der Waals surface area (Å²) in [5, 5.41) is 2.85. The van der Waals surface area contributed by atoms with Gasteiger partial charge in [0.15, 0.2) is 11.5 Å². The van der Waals surface area contributed by atoms with E-state index in [-0.39, 0.29) is 25.0 Å². The molecular formula is C19H18N2O5. The van der Waals surface area contributed by atoms with Crippen LogP contribution >= 0.6 is 0 Å². The van der Waals surface area contributed by atoms with Crippen LogP contribution in [-0.4, -0.2) is 32.3 Å². The second-order valence-electron chi connectivity index (χ2n) is 6.16. The molecule has 0 bridgehead atoms. The first-order chi connectivity index (χ1) is 12.6. The molecule has 2 amide bonds. The van der Waals surface area contributed by atoms with Crippen LogP contribution in [0.4, 0.5) is 11.4 Å². The highest BCUT2D eigenvalue weighted by atomic mass is 16.7. The number of anilines is 2. The van der Waals surface area contributed by atoms with Crippen LogP contribution in [-0.2, 0) is 9.59 Å². The summed E-state index contributed by atoms with van der Waals surface area (Å²) in [5.74, 6) is 1.24. The lowest BCUT2D eigenvalue weighted by molar-refractivity contribution is -0.122. The third kappa shape index (κ3) is 3.03. The Kier molecular flexibility index (Phi) is 4.12. The number of carbonyl (C=O) groups is 2. The van der Waals surface area contributed by atoms with Crippen molar-refractivity contribution in [3.05, 3.63) is 42.5 Å². The van der Waals surface area contributed by atoms with Crippen molar-refractivity contribution in [2.24, 2.45) is 5.92 Å². The monoisotopic (exact) mass is 354 g/mol. The fraction of sp³-hybridized carbons (Fsp3) is 0.263. The van der Waals surface area contributed by atoms with Gasteiger partial charge in [0.1, 0.15) is 5.75 Å². The van der Waals surface area contributed by atoms with Gasteiger partial charge in [-0.1, -0.05) is 6.07 Å². The summed E-state index contributed by atoms with van der Waals surface area (Å²) in [4.78, 5) is 26.6. The number of rotatable bonds is 4. The van der Waals surface area contributed by atoms with Gasteiger partial charge in [-0.3, -0.25) is 9.59 Å². The summed E-state index contributed by atoms with van der Waals surface area (Å²) >= 11 is 0. The normalized spacial score (nSPS) is 18.1. The summed E-state index contributed by atoms with van der Waals surface area (Å²) < 4.78 is 15.8. The lowest BCUT2D eigenvalue weighted by Crippen LogP contribution is -2.28. The molecule has 2 aliphatic heterocycles. The molecule has 0 radical (unpaired) electrons. The van der Waals surface area contributed by atoms with Gasteiger partial charge in [-0.25, -0.2) is 0 Å². The molecule has 2 heterocycles. The highest BCUT2D eigenvalue weighted by molar-refractivity contribution is 6.03. The molecule has 7 nitrogen and oxygen atoms in total.